The van der Waals surface area contributed by atoms with Gasteiger partial charge in [-0.2, -0.15) is 5.26 Å². The lowest BCUT2D eigenvalue weighted by molar-refractivity contribution is -0.142. The maximum atomic E-state index is 11.3. The molecule has 0 amide bonds. The molecule has 1 aromatic rings. The number of aliphatic carboxylic acids is 1. The summed E-state index contributed by atoms with van der Waals surface area (Å²) in [7, 11) is 0. The molecule has 17 heavy (non-hydrogen) atoms. The van der Waals surface area contributed by atoms with Crippen LogP contribution in [0.3, 0.4) is 0 Å². The first-order chi connectivity index (χ1) is 8.18. The van der Waals surface area contributed by atoms with Gasteiger partial charge in [-0.3, -0.25) is 0 Å². The molecule has 1 aliphatic heterocycles. The van der Waals surface area contributed by atoms with E-state index in [0.29, 0.717) is 18.7 Å². The highest BCUT2D eigenvalue weighted by Crippen LogP contribution is 2.25. The van der Waals surface area contributed by atoms with Crippen LogP contribution in [-0.2, 0) is 9.53 Å². The molecule has 1 atom stereocenters. The summed E-state index contributed by atoms with van der Waals surface area (Å²) in [5.41, 5.74) is -0.558. The van der Waals surface area contributed by atoms with Gasteiger partial charge in [-0.15, -0.1) is 0 Å². The van der Waals surface area contributed by atoms with E-state index in [1.165, 1.54) is 6.20 Å². The van der Waals surface area contributed by atoms with Gasteiger partial charge in [0.1, 0.15) is 6.07 Å². The number of nitriles is 1. The van der Waals surface area contributed by atoms with Crippen LogP contribution in [0.2, 0.25) is 0 Å². The third kappa shape index (κ3) is 2.05. The van der Waals surface area contributed by atoms with E-state index in [4.69, 9.17) is 10.00 Å². The molecular formula is C11H11N3O3. The topological polar surface area (TPSA) is 95.2 Å². The normalized spacial score (nSPS) is 23.0. The smallest absolute Gasteiger partial charge is 0.331 e. The van der Waals surface area contributed by atoms with Crippen molar-refractivity contribution >= 4 is 11.7 Å². The number of carbonyl (C=O) groups is 1. The third-order valence-corrected chi connectivity index (χ3v) is 2.72. The summed E-state index contributed by atoms with van der Waals surface area (Å²) in [5, 5.41) is 21.0. The molecular weight excluding hydrogens is 222 g/mol. The lowest BCUT2D eigenvalue weighted by Gasteiger charge is -2.25. The summed E-state index contributed by atoms with van der Waals surface area (Å²) in [6.45, 7) is 0.476. The van der Waals surface area contributed by atoms with Crippen molar-refractivity contribution in [3.05, 3.63) is 24.0 Å². The fraction of sp³-hybridized carbons (Fsp3) is 0.364. The number of carboxylic acid groups (broad SMARTS) is 1. The molecule has 1 aromatic heterocycles. The molecule has 0 aliphatic carbocycles. The van der Waals surface area contributed by atoms with Crippen LogP contribution >= 0.6 is 0 Å². The molecule has 6 nitrogen and oxygen atoms in total. The van der Waals surface area contributed by atoms with Crippen LogP contribution in [0.15, 0.2) is 18.3 Å². The van der Waals surface area contributed by atoms with Gasteiger partial charge in [0.05, 0.1) is 12.3 Å². The van der Waals surface area contributed by atoms with Crippen LogP contribution in [-0.4, -0.2) is 34.8 Å². The molecule has 1 fully saturated rings. The standard InChI is InChI=1S/C11H11N3O3/c12-6-9-8(2-1-4-13-9)14-11(10(15)16)3-5-17-7-11/h1-2,4,14H,3,5,7H2,(H,15,16). The predicted octanol–water partition coefficient (Wildman–Crippen LogP) is 0.609. The Balaban J connectivity index is 2.30. The van der Waals surface area contributed by atoms with Crippen LogP contribution in [0.4, 0.5) is 5.69 Å². The lowest BCUT2D eigenvalue weighted by Crippen LogP contribution is -2.47. The maximum absolute atomic E-state index is 11.3. The number of hydrogen-bond donors (Lipinski definition) is 2. The van der Waals surface area contributed by atoms with E-state index in [1.807, 2.05) is 6.07 Å². The number of nitrogens with zero attached hydrogens (tertiary/aromatic N) is 2. The van der Waals surface area contributed by atoms with Crippen LogP contribution in [0.25, 0.3) is 0 Å². The minimum absolute atomic E-state index is 0.0854. The van der Waals surface area contributed by atoms with Gasteiger partial charge in [0.25, 0.3) is 0 Å². The Morgan fingerprint density at radius 1 is 1.71 bits per heavy atom. The molecule has 0 saturated carbocycles. The second-order valence-corrected chi connectivity index (χ2v) is 3.83. The maximum Gasteiger partial charge on any atom is 0.331 e. The lowest BCUT2D eigenvalue weighted by atomic mass is 9.98. The average molecular weight is 233 g/mol. The van der Waals surface area contributed by atoms with Crippen LogP contribution in [0.1, 0.15) is 12.1 Å². The van der Waals surface area contributed by atoms with E-state index in [2.05, 4.69) is 10.3 Å². The summed E-state index contributed by atoms with van der Waals surface area (Å²) < 4.78 is 5.12. The monoisotopic (exact) mass is 233 g/mol. The van der Waals surface area contributed by atoms with Gasteiger partial charge in [0.2, 0.25) is 0 Å². The van der Waals surface area contributed by atoms with Crippen molar-refractivity contribution in [2.24, 2.45) is 0 Å². The summed E-state index contributed by atoms with van der Waals surface area (Å²) in [6, 6.07) is 5.20. The molecule has 1 unspecified atom stereocenters. The van der Waals surface area contributed by atoms with Crippen molar-refractivity contribution in [3.63, 3.8) is 0 Å². The first-order valence-electron chi connectivity index (χ1n) is 5.12. The molecule has 0 radical (unpaired) electrons. The minimum atomic E-state index is -1.16. The SMILES string of the molecule is N#Cc1ncccc1NC1(C(=O)O)CCOC1. The van der Waals surface area contributed by atoms with E-state index in [1.54, 1.807) is 12.1 Å². The number of anilines is 1. The van der Waals surface area contributed by atoms with Crippen molar-refractivity contribution in [1.29, 1.82) is 5.26 Å². The summed E-state index contributed by atoms with van der Waals surface area (Å²) in [4.78, 5) is 15.2. The van der Waals surface area contributed by atoms with Crippen molar-refractivity contribution in [3.8, 4) is 6.07 Å². The summed E-state index contributed by atoms with van der Waals surface area (Å²) in [5.74, 6) is -0.984. The second-order valence-electron chi connectivity index (χ2n) is 3.83. The van der Waals surface area contributed by atoms with Crippen molar-refractivity contribution in [2.75, 3.05) is 18.5 Å². The van der Waals surface area contributed by atoms with Crippen LogP contribution in [0, 0.1) is 11.3 Å². The highest BCUT2D eigenvalue weighted by molar-refractivity contribution is 5.84. The van der Waals surface area contributed by atoms with Crippen LogP contribution in [0.5, 0.6) is 0 Å². The van der Waals surface area contributed by atoms with Gasteiger partial charge >= 0.3 is 5.97 Å². The number of ether oxygens (including phenoxy) is 1. The Labute approximate surface area is 97.8 Å². The number of hydrogen-bond acceptors (Lipinski definition) is 5. The fourth-order valence-electron chi connectivity index (χ4n) is 1.74. The average Bonchev–Trinajstić information content (AvgIpc) is 2.80. The largest absolute Gasteiger partial charge is 0.479 e. The second kappa shape index (κ2) is 4.39. The summed E-state index contributed by atoms with van der Waals surface area (Å²) in [6.07, 6.45) is 1.85. The first kappa shape index (κ1) is 11.4. The third-order valence-electron chi connectivity index (χ3n) is 2.72. The highest BCUT2D eigenvalue weighted by Gasteiger charge is 2.43. The molecule has 6 heteroatoms. The molecule has 2 heterocycles. The molecule has 2 rings (SSSR count). The Morgan fingerprint density at radius 3 is 3.12 bits per heavy atom. The zero-order valence-corrected chi connectivity index (χ0v) is 9.01. The van der Waals surface area contributed by atoms with E-state index >= 15 is 0 Å². The Kier molecular flexibility index (Phi) is 2.93. The van der Waals surface area contributed by atoms with Crippen molar-refractivity contribution in [1.82, 2.24) is 4.98 Å². The van der Waals surface area contributed by atoms with Crippen LogP contribution < -0.4 is 5.32 Å². The van der Waals surface area contributed by atoms with E-state index < -0.39 is 11.5 Å². The van der Waals surface area contributed by atoms with E-state index in [0.717, 1.165) is 0 Å². The van der Waals surface area contributed by atoms with Gasteiger partial charge in [-0.05, 0) is 12.1 Å². The number of aromatic nitrogens is 1. The Morgan fingerprint density at radius 2 is 2.53 bits per heavy atom. The van der Waals surface area contributed by atoms with Crippen molar-refractivity contribution < 1.29 is 14.6 Å². The van der Waals surface area contributed by atoms with Crippen molar-refractivity contribution in [2.45, 2.75) is 12.0 Å². The predicted molar refractivity (Wildman–Crippen MR) is 58.4 cm³/mol. The molecule has 1 aliphatic rings. The number of pyridine rings is 1. The van der Waals surface area contributed by atoms with Gasteiger partial charge < -0.3 is 15.2 Å². The van der Waals surface area contributed by atoms with E-state index in [-0.39, 0.29) is 12.3 Å². The molecule has 0 bridgehead atoms. The van der Waals surface area contributed by atoms with Gasteiger partial charge in [0, 0.05) is 19.2 Å². The van der Waals surface area contributed by atoms with E-state index in [9.17, 15) is 9.90 Å². The highest BCUT2D eigenvalue weighted by atomic mass is 16.5. The molecule has 2 N–H and O–H groups in total. The fourth-order valence-corrected chi connectivity index (χ4v) is 1.74. The quantitative estimate of drug-likeness (QED) is 0.794. The van der Waals surface area contributed by atoms with Gasteiger partial charge in [0.15, 0.2) is 11.2 Å². The molecule has 1 saturated heterocycles. The number of carboxylic acids is 1. The van der Waals surface area contributed by atoms with Gasteiger partial charge in [-0.1, -0.05) is 0 Å². The zero-order chi connectivity index (χ0) is 12.3. The summed E-state index contributed by atoms with van der Waals surface area (Å²) >= 11 is 0. The Bertz CT molecular complexity index is 475. The first-order valence-corrected chi connectivity index (χ1v) is 5.12. The molecule has 88 valence electrons. The van der Waals surface area contributed by atoms with Gasteiger partial charge in [-0.25, -0.2) is 9.78 Å². The number of rotatable bonds is 3. The molecule has 0 spiro atoms. The zero-order valence-electron chi connectivity index (χ0n) is 9.01. The number of nitrogens with one attached hydrogen (secondary N) is 1. The minimum Gasteiger partial charge on any atom is -0.479 e. The Hall–Kier alpha value is -2.13. The molecule has 0 aromatic carbocycles.